The molecule has 2 aliphatic carbocycles. The van der Waals surface area contributed by atoms with Gasteiger partial charge in [-0.25, -0.2) is 0 Å². The Morgan fingerprint density at radius 3 is 2.19 bits per heavy atom. The van der Waals surface area contributed by atoms with Crippen molar-refractivity contribution in [3.05, 3.63) is 23.5 Å². The summed E-state index contributed by atoms with van der Waals surface area (Å²) >= 11 is 0. The van der Waals surface area contributed by atoms with Crippen LogP contribution >= 0.6 is 0 Å². The first-order valence-corrected chi connectivity index (χ1v) is 11.3. The summed E-state index contributed by atoms with van der Waals surface area (Å²) in [4.78, 5) is 4.55. The molecule has 0 amide bonds. The van der Waals surface area contributed by atoms with Crippen molar-refractivity contribution in [2.45, 2.75) is 104 Å². The van der Waals surface area contributed by atoms with Crippen molar-refractivity contribution in [1.82, 2.24) is 4.98 Å². The summed E-state index contributed by atoms with van der Waals surface area (Å²) in [6, 6.07) is 2.18. The number of hydrogen-bond acceptors (Lipinski definition) is 2. The fraction of sp³-hybridized carbons (Fsp3) is 0.792. The number of aryl methyl sites for hydroxylation is 2. The van der Waals surface area contributed by atoms with Crippen molar-refractivity contribution in [3.8, 4) is 5.75 Å². The van der Waals surface area contributed by atoms with Gasteiger partial charge >= 0.3 is 0 Å². The SMILES string of the molecule is CCCC[C@H]1CC[C@H]([C@H]2CC[C@H](Oc3cnc(CC)c(C)c3)CC2)CC1. The van der Waals surface area contributed by atoms with Crippen LogP contribution in [0.3, 0.4) is 0 Å². The predicted octanol–water partition coefficient (Wildman–Crippen LogP) is 6.89. The van der Waals surface area contributed by atoms with Crippen LogP contribution in [-0.2, 0) is 6.42 Å². The van der Waals surface area contributed by atoms with Crippen molar-refractivity contribution in [1.29, 1.82) is 0 Å². The van der Waals surface area contributed by atoms with Gasteiger partial charge < -0.3 is 4.74 Å². The van der Waals surface area contributed by atoms with E-state index < -0.39 is 0 Å². The van der Waals surface area contributed by atoms with Crippen molar-refractivity contribution in [2.75, 3.05) is 0 Å². The van der Waals surface area contributed by atoms with Gasteiger partial charge in [-0.2, -0.15) is 0 Å². The van der Waals surface area contributed by atoms with Gasteiger partial charge in [0.1, 0.15) is 5.75 Å². The number of rotatable bonds is 7. The van der Waals surface area contributed by atoms with Gasteiger partial charge in [-0.15, -0.1) is 0 Å². The lowest BCUT2D eigenvalue weighted by Gasteiger charge is -2.38. The number of nitrogens with zero attached hydrogens (tertiary/aromatic N) is 1. The van der Waals surface area contributed by atoms with Crippen LogP contribution < -0.4 is 4.74 Å². The summed E-state index contributed by atoms with van der Waals surface area (Å²) in [5.41, 5.74) is 2.45. The fourth-order valence-corrected chi connectivity index (χ4v) is 5.32. The number of aromatic nitrogens is 1. The Balaban J connectivity index is 1.41. The molecule has 0 spiro atoms. The molecule has 2 nitrogen and oxygen atoms in total. The highest BCUT2D eigenvalue weighted by molar-refractivity contribution is 5.28. The van der Waals surface area contributed by atoms with Crippen molar-refractivity contribution in [2.24, 2.45) is 17.8 Å². The lowest BCUT2D eigenvalue weighted by atomic mass is 9.70. The molecule has 1 aromatic heterocycles. The molecule has 2 aliphatic rings. The zero-order valence-corrected chi connectivity index (χ0v) is 17.3. The molecule has 3 rings (SSSR count). The summed E-state index contributed by atoms with van der Waals surface area (Å²) < 4.78 is 6.27. The van der Waals surface area contributed by atoms with Gasteiger partial charge in [0.2, 0.25) is 0 Å². The second-order valence-corrected chi connectivity index (χ2v) is 8.87. The van der Waals surface area contributed by atoms with E-state index in [1.54, 1.807) is 0 Å². The zero-order valence-electron chi connectivity index (χ0n) is 17.3. The Hall–Kier alpha value is -1.05. The molecule has 0 N–H and O–H groups in total. The third-order valence-corrected chi connectivity index (χ3v) is 7.04. The molecule has 146 valence electrons. The van der Waals surface area contributed by atoms with Gasteiger partial charge in [-0.3, -0.25) is 4.98 Å². The Morgan fingerprint density at radius 1 is 0.962 bits per heavy atom. The molecular weight excluding hydrogens is 318 g/mol. The van der Waals surface area contributed by atoms with Crippen LogP contribution in [0.1, 0.15) is 95.7 Å². The zero-order chi connectivity index (χ0) is 18.4. The number of hydrogen-bond donors (Lipinski definition) is 0. The van der Waals surface area contributed by atoms with Crippen LogP contribution in [-0.4, -0.2) is 11.1 Å². The van der Waals surface area contributed by atoms with E-state index in [0.29, 0.717) is 6.10 Å². The second kappa shape index (κ2) is 9.76. The molecule has 26 heavy (non-hydrogen) atoms. The normalized spacial score (nSPS) is 29.5. The minimum absolute atomic E-state index is 0.404. The first-order chi connectivity index (χ1) is 12.7. The fourth-order valence-electron chi connectivity index (χ4n) is 5.32. The van der Waals surface area contributed by atoms with Crippen molar-refractivity contribution < 1.29 is 4.74 Å². The lowest BCUT2D eigenvalue weighted by Crippen LogP contribution is -2.30. The summed E-state index contributed by atoms with van der Waals surface area (Å²) in [5.74, 6) is 3.97. The molecule has 0 saturated heterocycles. The summed E-state index contributed by atoms with van der Waals surface area (Å²) in [6.45, 7) is 6.63. The predicted molar refractivity (Wildman–Crippen MR) is 110 cm³/mol. The highest BCUT2D eigenvalue weighted by Crippen LogP contribution is 2.41. The average molecular weight is 358 g/mol. The Morgan fingerprint density at radius 2 is 1.62 bits per heavy atom. The largest absolute Gasteiger partial charge is 0.489 e. The molecule has 0 unspecified atom stereocenters. The maximum atomic E-state index is 6.27. The van der Waals surface area contributed by atoms with Gasteiger partial charge in [-0.05, 0) is 81.3 Å². The Bertz CT molecular complexity index is 539. The highest BCUT2D eigenvalue weighted by atomic mass is 16.5. The van der Waals surface area contributed by atoms with E-state index in [1.165, 1.54) is 81.9 Å². The smallest absolute Gasteiger partial charge is 0.138 e. The van der Waals surface area contributed by atoms with Gasteiger partial charge in [0, 0.05) is 5.69 Å². The molecule has 0 aromatic carbocycles. The van der Waals surface area contributed by atoms with Gasteiger partial charge in [0.05, 0.1) is 12.3 Å². The van der Waals surface area contributed by atoms with Crippen LogP contribution in [0.2, 0.25) is 0 Å². The molecule has 2 heteroatoms. The standard InChI is InChI=1S/C24H39NO/c1-4-6-7-19-8-10-20(11-9-19)21-12-14-22(15-13-21)26-23-16-18(3)24(5-2)25-17-23/h16-17,19-22H,4-15H2,1-3H3/t19-,20-,21-,22-. The minimum atomic E-state index is 0.404. The topological polar surface area (TPSA) is 22.1 Å². The number of pyridine rings is 1. The van der Waals surface area contributed by atoms with E-state index >= 15 is 0 Å². The van der Waals surface area contributed by atoms with Crippen LogP contribution in [0.25, 0.3) is 0 Å². The highest BCUT2D eigenvalue weighted by Gasteiger charge is 2.31. The third-order valence-electron chi connectivity index (χ3n) is 7.04. The van der Waals surface area contributed by atoms with E-state index in [4.69, 9.17) is 4.74 Å². The molecule has 0 radical (unpaired) electrons. The Labute approximate surface area is 161 Å². The summed E-state index contributed by atoms with van der Waals surface area (Å²) in [7, 11) is 0. The van der Waals surface area contributed by atoms with Gasteiger partial charge in [-0.1, -0.05) is 46.0 Å². The van der Waals surface area contributed by atoms with E-state index in [9.17, 15) is 0 Å². The molecule has 0 atom stereocenters. The molecule has 2 saturated carbocycles. The first kappa shape index (κ1) is 19.7. The molecular formula is C24H39NO. The van der Waals surface area contributed by atoms with Crippen molar-refractivity contribution >= 4 is 0 Å². The van der Waals surface area contributed by atoms with Crippen LogP contribution in [0.15, 0.2) is 12.3 Å². The second-order valence-electron chi connectivity index (χ2n) is 8.87. The van der Waals surface area contributed by atoms with Gasteiger partial charge in [0.15, 0.2) is 0 Å². The lowest BCUT2D eigenvalue weighted by molar-refractivity contribution is 0.0910. The minimum Gasteiger partial charge on any atom is -0.489 e. The average Bonchev–Trinajstić information content (AvgIpc) is 2.68. The van der Waals surface area contributed by atoms with Crippen LogP contribution in [0.5, 0.6) is 5.75 Å². The van der Waals surface area contributed by atoms with Crippen LogP contribution in [0, 0.1) is 24.7 Å². The molecule has 1 heterocycles. The Kier molecular flexibility index (Phi) is 7.40. The maximum absolute atomic E-state index is 6.27. The van der Waals surface area contributed by atoms with E-state index in [-0.39, 0.29) is 0 Å². The molecule has 0 aliphatic heterocycles. The first-order valence-electron chi connectivity index (χ1n) is 11.3. The van der Waals surface area contributed by atoms with E-state index in [2.05, 4.69) is 31.8 Å². The molecule has 0 bridgehead atoms. The van der Waals surface area contributed by atoms with E-state index in [1.807, 2.05) is 6.20 Å². The molecule has 2 fully saturated rings. The maximum Gasteiger partial charge on any atom is 0.138 e. The van der Waals surface area contributed by atoms with Crippen molar-refractivity contribution in [3.63, 3.8) is 0 Å². The monoisotopic (exact) mass is 357 g/mol. The van der Waals surface area contributed by atoms with Crippen LogP contribution in [0.4, 0.5) is 0 Å². The number of ether oxygens (including phenoxy) is 1. The number of unbranched alkanes of at least 4 members (excludes halogenated alkanes) is 1. The van der Waals surface area contributed by atoms with Gasteiger partial charge in [0.25, 0.3) is 0 Å². The quantitative estimate of drug-likeness (QED) is 0.530. The summed E-state index contributed by atoms with van der Waals surface area (Å²) in [6.07, 6.45) is 18.8. The van der Waals surface area contributed by atoms with E-state index in [0.717, 1.165) is 29.9 Å². The molecule has 1 aromatic rings. The summed E-state index contributed by atoms with van der Waals surface area (Å²) in [5, 5.41) is 0. The third kappa shape index (κ3) is 5.24.